The van der Waals surface area contributed by atoms with Crippen LogP contribution >= 0.6 is 11.6 Å². The summed E-state index contributed by atoms with van der Waals surface area (Å²) in [4.78, 5) is 20.3. The molecule has 0 radical (unpaired) electrons. The number of aryl methyl sites for hydroxylation is 1. The number of rotatable bonds is 2. The predicted molar refractivity (Wildman–Crippen MR) is 66.1 cm³/mol. The maximum Gasteiger partial charge on any atom is 0.332 e. The van der Waals surface area contributed by atoms with Gasteiger partial charge in [-0.15, -0.1) is 0 Å². The summed E-state index contributed by atoms with van der Waals surface area (Å²) in [5.41, 5.74) is 0.196. The van der Waals surface area contributed by atoms with Crippen LogP contribution in [0.5, 0.6) is 0 Å². The molecule has 0 unspecified atom stereocenters. The molecular formula is C10H13ClN4O3. The zero-order valence-electron chi connectivity index (χ0n) is 9.93. The first kappa shape index (κ1) is 13.0. The molecule has 0 aromatic carbocycles. The standard InChI is InChI=1S/C10H13ClN4O3/c1-7-8(15(16)17)9(13-10(11)12-7)14-3-2-5-18-6-4-14/h2-6H2,1H3. The molecular weight excluding hydrogens is 260 g/mol. The van der Waals surface area contributed by atoms with Crippen molar-refractivity contribution in [2.75, 3.05) is 31.2 Å². The van der Waals surface area contributed by atoms with Crippen molar-refractivity contribution in [3.63, 3.8) is 0 Å². The van der Waals surface area contributed by atoms with Crippen LogP contribution in [0.4, 0.5) is 11.5 Å². The molecule has 1 aliphatic rings. The van der Waals surface area contributed by atoms with Crippen LogP contribution in [0.25, 0.3) is 0 Å². The lowest BCUT2D eigenvalue weighted by atomic mass is 10.3. The molecule has 1 aliphatic heterocycles. The van der Waals surface area contributed by atoms with Gasteiger partial charge in [0.25, 0.3) is 0 Å². The molecule has 7 nitrogen and oxygen atoms in total. The SMILES string of the molecule is Cc1nc(Cl)nc(N2CCCOCC2)c1[N+](=O)[O-]. The summed E-state index contributed by atoms with van der Waals surface area (Å²) in [7, 11) is 0. The lowest BCUT2D eigenvalue weighted by Crippen LogP contribution is -2.28. The van der Waals surface area contributed by atoms with Gasteiger partial charge in [0, 0.05) is 19.7 Å². The first-order chi connectivity index (χ1) is 8.59. The van der Waals surface area contributed by atoms with E-state index in [1.807, 2.05) is 4.90 Å². The van der Waals surface area contributed by atoms with Crippen molar-refractivity contribution in [3.05, 3.63) is 21.1 Å². The van der Waals surface area contributed by atoms with Crippen LogP contribution in [0.15, 0.2) is 0 Å². The summed E-state index contributed by atoms with van der Waals surface area (Å²) in [6, 6.07) is 0. The molecule has 0 bridgehead atoms. The van der Waals surface area contributed by atoms with Gasteiger partial charge in [0.05, 0.1) is 11.5 Å². The third kappa shape index (κ3) is 2.68. The van der Waals surface area contributed by atoms with Gasteiger partial charge >= 0.3 is 5.69 Å². The van der Waals surface area contributed by atoms with E-state index in [-0.39, 0.29) is 22.5 Å². The molecule has 18 heavy (non-hydrogen) atoms. The molecule has 1 aromatic heterocycles. The van der Waals surface area contributed by atoms with Gasteiger partial charge in [-0.05, 0) is 24.9 Å². The summed E-state index contributed by atoms with van der Waals surface area (Å²) in [5.74, 6) is 0.281. The Morgan fingerprint density at radius 3 is 2.89 bits per heavy atom. The van der Waals surface area contributed by atoms with Gasteiger partial charge in [-0.2, -0.15) is 4.98 Å². The fourth-order valence-corrected chi connectivity index (χ4v) is 2.12. The van der Waals surface area contributed by atoms with E-state index in [1.165, 1.54) is 0 Å². The second kappa shape index (κ2) is 5.45. The summed E-state index contributed by atoms with van der Waals surface area (Å²) in [6.45, 7) is 3.96. The molecule has 0 saturated carbocycles. The van der Waals surface area contributed by atoms with Gasteiger partial charge in [-0.3, -0.25) is 10.1 Å². The number of halogens is 1. The molecule has 0 N–H and O–H groups in total. The van der Waals surface area contributed by atoms with Gasteiger partial charge in [0.1, 0.15) is 5.69 Å². The van der Waals surface area contributed by atoms with Gasteiger partial charge in [0.15, 0.2) is 0 Å². The molecule has 0 amide bonds. The monoisotopic (exact) mass is 272 g/mol. The first-order valence-electron chi connectivity index (χ1n) is 5.61. The second-order valence-electron chi connectivity index (χ2n) is 3.96. The maximum atomic E-state index is 11.1. The number of hydrogen-bond donors (Lipinski definition) is 0. The van der Waals surface area contributed by atoms with E-state index < -0.39 is 4.92 Å². The largest absolute Gasteiger partial charge is 0.380 e. The Morgan fingerprint density at radius 2 is 2.17 bits per heavy atom. The van der Waals surface area contributed by atoms with Crippen molar-refractivity contribution in [1.82, 2.24) is 9.97 Å². The summed E-state index contributed by atoms with van der Waals surface area (Å²) < 4.78 is 5.32. The molecule has 2 rings (SSSR count). The average Bonchev–Trinajstić information content (AvgIpc) is 2.55. The second-order valence-corrected chi connectivity index (χ2v) is 4.30. The Balaban J connectivity index is 2.43. The van der Waals surface area contributed by atoms with Gasteiger partial charge in [-0.1, -0.05) is 0 Å². The number of anilines is 1. The zero-order valence-corrected chi connectivity index (χ0v) is 10.7. The average molecular weight is 273 g/mol. The molecule has 0 spiro atoms. The maximum absolute atomic E-state index is 11.1. The van der Waals surface area contributed by atoms with E-state index in [0.717, 1.165) is 6.42 Å². The Hall–Kier alpha value is -1.47. The van der Waals surface area contributed by atoms with Crippen LogP contribution in [-0.4, -0.2) is 41.2 Å². The van der Waals surface area contributed by atoms with Crippen LogP contribution in [0.2, 0.25) is 5.28 Å². The highest BCUT2D eigenvalue weighted by Crippen LogP contribution is 2.30. The molecule has 98 valence electrons. The first-order valence-corrected chi connectivity index (χ1v) is 5.98. The molecule has 0 aliphatic carbocycles. The number of ether oxygens (including phenoxy) is 1. The van der Waals surface area contributed by atoms with Gasteiger partial charge in [0.2, 0.25) is 11.1 Å². The molecule has 0 atom stereocenters. The van der Waals surface area contributed by atoms with E-state index in [2.05, 4.69) is 9.97 Å². The lowest BCUT2D eigenvalue weighted by molar-refractivity contribution is -0.385. The quantitative estimate of drug-likeness (QED) is 0.462. The fourth-order valence-electron chi connectivity index (χ4n) is 1.91. The number of hydrogen-bond acceptors (Lipinski definition) is 6. The minimum Gasteiger partial charge on any atom is -0.380 e. The highest BCUT2D eigenvalue weighted by atomic mass is 35.5. The van der Waals surface area contributed by atoms with Crippen LogP contribution in [0.1, 0.15) is 12.1 Å². The van der Waals surface area contributed by atoms with Gasteiger partial charge < -0.3 is 9.64 Å². The predicted octanol–water partition coefficient (Wildman–Crippen LogP) is 1.57. The van der Waals surface area contributed by atoms with E-state index in [0.29, 0.717) is 26.3 Å². The summed E-state index contributed by atoms with van der Waals surface area (Å²) >= 11 is 5.78. The zero-order chi connectivity index (χ0) is 13.1. The highest BCUT2D eigenvalue weighted by molar-refractivity contribution is 6.28. The van der Waals surface area contributed by atoms with E-state index in [9.17, 15) is 10.1 Å². The third-order valence-electron chi connectivity index (χ3n) is 2.72. The van der Waals surface area contributed by atoms with Crippen molar-refractivity contribution >= 4 is 23.1 Å². The number of nitro groups is 1. The lowest BCUT2D eigenvalue weighted by Gasteiger charge is -2.20. The third-order valence-corrected chi connectivity index (χ3v) is 2.89. The van der Waals surface area contributed by atoms with Crippen molar-refractivity contribution in [2.45, 2.75) is 13.3 Å². The van der Waals surface area contributed by atoms with Crippen molar-refractivity contribution in [1.29, 1.82) is 0 Å². The van der Waals surface area contributed by atoms with Crippen LogP contribution in [0.3, 0.4) is 0 Å². The van der Waals surface area contributed by atoms with Crippen LogP contribution < -0.4 is 4.90 Å². The fraction of sp³-hybridized carbons (Fsp3) is 0.600. The Labute approximate surface area is 109 Å². The summed E-state index contributed by atoms with van der Waals surface area (Å²) in [5, 5.41) is 11.1. The minimum atomic E-state index is -0.466. The Morgan fingerprint density at radius 1 is 1.39 bits per heavy atom. The Bertz CT molecular complexity index is 461. The van der Waals surface area contributed by atoms with Crippen molar-refractivity contribution in [3.8, 4) is 0 Å². The summed E-state index contributed by atoms with van der Waals surface area (Å²) in [6.07, 6.45) is 0.803. The van der Waals surface area contributed by atoms with Gasteiger partial charge in [-0.25, -0.2) is 4.98 Å². The van der Waals surface area contributed by atoms with E-state index in [1.54, 1.807) is 6.92 Å². The highest BCUT2D eigenvalue weighted by Gasteiger charge is 2.26. The van der Waals surface area contributed by atoms with Crippen LogP contribution in [-0.2, 0) is 4.74 Å². The normalized spacial score (nSPS) is 16.4. The number of aromatic nitrogens is 2. The molecule has 1 fully saturated rings. The van der Waals surface area contributed by atoms with Crippen molar-refractivity contribution in [2.24, 2.45) is 0 Å². The van der Waals surface area contributed by atoms with E-state index in [4.69, 9.17) is 16.3 Å². The molecule has 2 heterocycles. The van der Waals surface area contributed by atoms with E-state index >= 15 is 0 Å². The molecule has 1 aromatic rings. The van der Waals surface area contributed by atoms with Crippen molar-refractivity contribution < 1.29 is 9.66 Å². The minimum absolute atomic E-state index is 0.0262. The Kier molecular flexibility index (Phi) is 3.93. The smallest absolute Gasteiger partial charge is 0.332 e. The molecule has 1 saturated heterocycles. The number of nitrogens with zero attached hydrogens (tertiary/aromatic N) is 4. The molecule has 8 heteroatoms. The van der Waals surface area contributed by atoms with Crippen LogP contribution in [0, 0.1) is 17.0 Å². The topological polar surface area (TPSA) is 81.4 Å².